The summed E-state index contributed by atoms with van der Waals surface area (Å²) in [5.41, 5.74) is 10.5. The van der Waals surface area contributed by atoms with E-state index < -0.39 is 17.8 Å². The van der Waals surface area contributed by atoms with Crippen molar-refractivity contribution in [1.29, 1.82) is 0 Å². The second-order valence-electron chi connectivity index (χ2n) is 10.5. The maximum absolute atomic E-state index is 15.2. The van der Waals surface area contributed by atoms with Gasteiger partial charge in [0.25, 0.3) is 0 Å². The Morgan fingerprint density at radius 1 is 1.05 bits per heavy atom. The minimum absolute atomic E-state index is 0.0392. The molecule has 0 fully saturated rings. The average Bonchev–Trinajstić information content (AvgIpc) is 3.68. The zero-order valence-electron chi connectivity index (χ0n) is 24.8. The Balaban J connectivity index is 0.00000198. The molecule has 1 aliphatic rings. The molecule has 2 heterocycles. The molecule has 1 aromatic heterocycles. The minimum Gasteiger partial charge on any atom is -0.454 e. The van der Waals surface area contributed by atoms with Gasteiger partial charge in [0.15, 0.2) is 11.6 Å². The highest BCUT2D eigenvalue weighted by molar-refractivity contribution is 5.85. The largest absolute Gasteiger partial charge is 0.454 e. The van der Waals surface area contributed by atoms with E-state index in [9.17, 15) is 0 Å². The van der Waals surface area contributed by atoms with E-state index in [1.807, 2.05) is 26.1 Å². The number of halogens is 2. The molecule has 0 amide bonds. The Morgan fingerprint density at radius 2 is 1.86 bits per heavy atom. The van der Waals surface area contributed by atoms with Crippen molar-refractivity contribution >= 4 is 10.9 Å². The van der Waals surface area contributed by atoms with Gasteiger partial charge in [-0.15, -0.1) is 12.3 Å². The molecule has 5 N–H and O–H groups in total. The topological polar surface area (TPSA) is 75.1 Å². The molecule has 42 heavy (non-hydrogen) atoms. The molecule has 220 valence electrons. The minimum atomic E-state index is -0.541. The van der Waals surface area contributed by atoms with E-state index >= 15 is 8.78 Å². The van der Waals surface area contributed by atoms with Crippen molar-refractivity contribution < 1.29 is 13.5 Å². The van der Waals surface area contributed by atoms with Crippen molar-refractivity contribution in [2.45, 2.75) is 71.5 Å². The zero-order valence-corrected chi connectivity index (χ0v) is 24.8. The lowest BCUT2D eigenvalue weighted by molar-refractivity contribution is 0.426. The lowest BCUT2D eigenvalue weighted by atomic mass is 9.75. The predicted molar refractivity (Wildman–Crippen MR) is 167 cm³/mol. The standard InChI is InChI=1S/C33H34F2N4O.C2H6/c1-4-5-6-7-14-33(3,22-10-8-9-21(2)16-22)30-20-38-32(39-30)25-17-23(11-12-27(25)34)40-31-26(19-36)24-13-15-37-29(24)18-28(31)35;1-2/h1,8-13,15-18,20,32,37-39H,5-7,14,19,36H2,2-3H3;1-2H3. The van der Waals surface area contributed by atoms with Crippen LogP contribution in [0.5, 0.6) is 11.5 Å². The number of nitrogens with two attached hydrogens (primary N) is 1. The van der Waals surface area contributed by atoms with Crippen LogP contribution in [0.25, 0.3) is 10.9 Å². The van der Waals surface area contributed by atoms with E-state index in [4.69, 9.17) is 16.9 Å². The van der Waals surface area contributed by atoms with Gasteiger partial charge in [0.1, 0.15) is 17.7 Å². The van der Waals surface area contributed by atoms with Gasteiger partial charge in [0, 0.05) is 64.6 Å². The maximum atomic E-state index is 15.2. The summed E-state index contributed by atoms with van der Waals surface area (Å²) in [5, 5.41) is 7.60. The highest BCUT2D eigenvalue weighted by Crippen LogP contribution is 2.40. The summed E-state index contributed by atoms with van der Waals surface area (Å²) in [4.78, 5) is 3.00. The number of aromatic nitrogens is 1. The van der Waals surface area contributed by atoms with Crippen LogP contribution >= 0.6 is 0 Å². The molecule has 7 heteroatoms. The zero-order chi connectivity index (χ0) is 30.3. The number of H-pyrrole nitrogens is 1. The molecular weight excluding hydrogens is 530 g/mol. The summed E-state index contributed by atoms with van der Waals surface area (Å²) >= 11 is 0. The van der Waals surface area contributed by atoms with Crippen LogP contribution in [0.4, 0.5) is 8.78 Å². The van der Waals surface area contributed by atoms with E-state index in [1.165, 1.54) is 29.3 Å². The van der Waals surface area contributed by atoms with Crippen molar-refractivity contribution in [2.75, 3.05) is 0 Å². The first-order valence-corrected chi connectivity index (χ1v) is 14.5. The molecule has 1 aliphatic heterocycles. The van der Waals surface area contributed by atoms with Gasteiger partial charge in [-0.1, -0.05) is 50.1 Å². The smallest absolute Gasteiger partial charge is 0.168 e. The third kappa shape index (κ3) is 6.29. The summed E-state index contributed by atoms with van der Waals surface area (Å²) < 4.78 is 36.2. The van der Waals surface area contributed by atoms with Crippen LogP contribution < -0.4 is 21.1 Å². The van der Waals surface area contributed by atoms with Crippen LogP contribution in [0.15, 0.2) is 72.7 Å². The van der Waals surface area contributed by atoms with Gasteiger partial charge in [0.05, 0.1) is 0 Å². The molecule has 4 aromatic rings. The number of rotatable bonds is 10. The van der Waals surface area contributed by atoms with Gasteiger partial charge < -0.3 is 26.1 Å². The van der Waals surface area contributed by atoms with E-state index in [2.05, 4.69) is 59.7 Å². The highest BCUT2D eigenvalue weighted by atomic mass is 19.1. The Hall–Kier alpha value is -4.28. The molecule has 2 atom stereocenters. The highest BCUT2D eigenvalue weighted by Gasteiger charge is 2.35. The fraction of sp³-hybridized carbons (Fsp3) is 0.314. The summed E-state index contributed by atoms with van der Waals surface area (Å²) in [6.07, 6.45) is 12.1. The lowest BCUT2D eigenvalue weighted by Crippen LogP contribution is -2.33. The van der Waals surface area contributed by atoms with E-state index in [0.29, 0.717) is 22.4 Å². The first kappa shape index (κ1) is 30.7. The van der Waals surface area contributed by atoms with Crippen molar-refractivity contribution in [3.8, 4) is 23.8 Å². The number of aryl methyl sites for hydroxylation is 1. The van der Waals surface area contributed by atoms with Crippen molar-refractivity contribution in [3.63, 3.8) is 0 Å². The number of ether oxygens (including phenoxy) is 1. The maximum Gasteiger partial charge on any atom is 0.168 e. The molecule has 0 saturated heterocycles. The molecule has 5 nitrogen and oxygen atoms in total. The molecule has 5 rings (SSSR count). The number of unbranched alkanes of at least 4 members (excludes halogenated alkanes) is 2. The summed E-state index contributed by atoms with van der Waals surface area (Å²) in [5.74, 6) is 2.13. The number of hydrogen-bond donors (Lipinski definition) is 4. The van der Waals surface area contributed by atoms with E-state index in [0.717, 1.165) is 36.8 Å². The fourth-order valence-electron chi connectivity index (χ4n) is 5.48. The quantitative estimate of drug-likeness (QED) is 0.114. The van der Waals surface area contributed by atoms with Gasteiger partial charge in [-0.2, -0.15) is 0 Å². The van der Waals surface area contributed by atoms with Crippen molar-refractivity contribution in [2.24, 2.45) is 5.73 Å². The van der Waals surface area contributed by atoms with Gasteiger partial charge in [0.2, 0.25) is 0 Å². The number of fused-ring (bicyclic) bond motifs is 1. The Bertz CT molecular complexity index is 1600. The number of terminal acetylenes is 1. The molecule has 2 unspecified atom stereocenters. The van der Waals surface area contributed by atoms with Crippen LogP contribution in [-0.2, 0) is 12.0 Å². The number of nitrogens with one attached hydrogen (secondary N) is 3. The lowest BCUT2D eigenvalue weighted by Gasteiger charge is -2.33. The third-order valence-electron chi connectivity index (χ3n) is 7.76. The number of hydrogen-bond acceptors (Lipinski definition) is 4. The summed E-state index contributed by atoms with van der Waals surface area (Å²) in [7, 11) is 0. The first-order chi connectivity index (χ1) is 20.3. The molecule has 0 spiro atoms. The summed E-state index contributed by atoms with van der Waals surface area (Å²) in [6, 6.07) is 16.1. The van der Waals surface area contributed by atoms with Gasteiger partial charge >= 0.3 is 0 Å². The fourth-order valence-corrected chi connectivity index (χ4v) is 5.48. The Kier molecular flexibility index (Phi) is 9.92. The van der Waals surface area contributed by atoms with Gasteiger partial charge in [-0.05, 0) is 56.5 Å². The Labute approximate surface area is 247 Å². The number of benzene rings is 3. The molecule has 0 aliphatic carbocycles. The summed E-state index contributed by atoms with van der Waals surface area (Å²) in [6.45, 7) is 8.37. The van der Waals surface area contributed by atoms with Crippen LogP contribution in [-0.4, -0.2) is 4.98 Å². The van der Waals surface area contributed by atoms with Crippen LogP contribution in [0.1, 0.15) is 74.9 Å². The molecular formula is C35H40F2N4O. The predicted octanol–water partition coefficient (Wildman–Crippen LogP) is 8.22. The monoisotopic (exact) mass is 570 g/mol. The van der Waals surface area contributed by atoms with Crippen molar-refractivity contribution in [3.05, 3.63) is 107 Å². The van der Waals surface area contributed by atoms with Crippen molar-refractivity contribution in [1.82, 2.24) is 15.6 Å². The third-order valence-corrected chi connectivity index (χ3v) is 7.76. The first-order valence-electron chi connectivity index (χ1n) is 14.5. The second kappa shape index (κ2) is 13.6. The Morgan fingerprint density at radius 3 is 2.60 bits per heavy atom. The van der Waals surface area contributed by atoms with Crippen LogP contribution in [0.2, 0.25) is 0 Å². The van der Waals surface area contributed by atoms with Crippen LogP contribution in [0, 0.1) is 30.9 Å². The molecule has 3 aromatic carbocycles. The number of aromatic amines is 1. The number of allylic oxidation sites excluding steroid dienone is 1. The van der Waals surface area contributed by atoms with Gasteiger partial charge in [-0.3, -0.25) is 0 Å². The average molecular weight is 571 g/mol. The van der Waals surface area contributed by atoms with Crippen LogP contribution in [0.3, 0.4) is 0 Å². The normalized spacial score (nSPS) is 15.5. The van der Waals surface area contributed by atoms with E-state index in [1.54, 1.807) is 12.3 Å². The van der Waals surface area contributed by atoms with Gasteiger partial charge in [-0.25, -0.2) is 8.78 Å². The molecule has 0 bridgehead atoms. The molecule has 0 radical (unpaired) electrons. The van der Waals surface area contributed by atoms with E-state index in [-0.39, 0.29) is 17.7 Å². The SMILES string of the molecule is C#CCCCCC(C)(C1=CNC(c2cc(Oc3c(F)cc4[nH]ccc4c3CN)ccc2F)N1)c1cccc(C)c1.CC. The molecule has 0 saturated carbocycles. The second-order valence-corrected chi connectivity index (χ2v) is 10.5.